The predicted molar refractivity (Wildman–Crippen MR) is 126 cm³/mol. The fraction of sp³-hybridized carbons (Fsp3) is 0.148. The Labute approximate surface area is 196 Å². The van der Waals surface area contributed by atoms with Crippen LogP contribution in [0, 0.1) is 0 Å². The number of hydrogen-bond donors (Lipinski definition) is 2. The molecule has 3 rings (SSSR count). The van der Waals surface area contributed by atoms with Crippen LogP contribution in [0.2, 0.25) is 0 Å². The summed E-state index contributed by atoms with van der Waals surface area (Å²) < 4.78 is 44.4. The first-order chi connectivity index (χ1) is 16.3. The summed E-state index contributed by atoms with van der Waals surface area (Å²) in [4.78, 5) is 12.4. The van der Waals surface area contributed by atoms with Crippen LogP contribution in [0.25, 0.3) is 5.57 Å². The number of carbonyl (C=O) groups excluding carboxylic acids is 1. The van der Waals surface area contributed by atoms with Gasteiger partial charge in [-0.2, -0.15) is 13.2 Å². The Morgan fingerprint density at radius 3 is 2.18 bits per heavy atom. The number of carbonyl (C=O) groups is 1. The highest BCUT2D eigenvalue weighted by atomic mass is 19.4. The van der Waals surface area contributed by atoms with Crippen LogP contribution in [0.1, 0.15) is 29.2 Å². The smallest absolute Gasteiger partial charge is 0.416 e. The topological polar surface area (TPSA) is 58.6 Å². The summed E-state index contributed by atoms with van der Waals surface area (Å²) >= 11 is 0. The van der Waals surface area contributed by atoms with E-state index < -0.39 is 17.6 Å². The third kappa shape index (κ3) is 6.59. The maximum atomic E-state index is 13.0. The Kier molecular flexibility index (Phi) is 8.27. The first kappa shape index (κ1) is 24.8. The molecule has 0 aliphatic carbocycles. The van der Waals surface area contributed by atoms with Crippen LogP contribution in [0.15, 0.2) is 91.0 Å². The lowest BCUT2D eigenvalue weighted by Gasteiger charge is -2.12. The largest absolute Gasteiger partial charge is 0.494 e. The van der Waals surface area contributed by atoms with Gasteiger partial charge in [-0.1, -0.05) is 54.6 Å². The number of allylic oxidation sites excluding steroid dienone is 2. The van der Waals surface area contributed by atoms with E-state index in [2.05, 4.69) is 5.32 Å². The van der Waals surface area contributed by atoms with Crippen molar-refractivity contribution in [1.29, 1.82) is 0 Å². The maximum absolute atomic E-state index is 13.0. The van der Waals surface area contributed by atoms with Gasteiger partial charge < -0.3 is 15.2 Å². The van der Waals surface area contributed by atoms with Gasteiger partial charge in [0.2, 0.25) is 5.91 Å². The first-order valence-corrected chi connectivity index (χ1v) is 10.6. The zero-order chi connectivity index (χ0) is 24.6. The van der Waals surface area contributed by atoms with E-state index in [1.54, 1.807) is 54.6 Å². The molecular weight excluding hydrogens is 443 g/mol. The Morgan fingerprint density at radius 1 is 0.971 bits per heavy atom. The molecule has 1 amide bonds. The Bertz CT molecular complexity index is 1160. The average Bonchev–Trinajstić information content (AvgIpc) is 2.83. The molecule has 0 aliphatic rings. The minimum absolute atomic E-state index is 0.212. The Balaban J connectivity index is 1.88. The number of hydrogen-bond acceptors (Lipinski definition) is 3. The van der Waals surface area contributed by atoms with Gasteiger partial charge in [0.05, 0.1) is 18.8 Å². The number of para-hydroxylation sites is 1. The lowest BCUT2D eigenvalue weighted by Crippen LogP contribution is -2.09. The third-order valence-electron chi connectivity index (χ3n) is 4.96. The highest BCUT2D eigenvalue weighted by Crippen LogP contribution is 2.32. The minimum Gasteiger partial charge on any atom is -0.494 e. The molecule has 0 spiro atoms. The Morgan fingerprint density at radius 2 is 1.59 bits per heavy atom. The van der Waals surface area contributed by atoms with Gasteiger partial charge in [0, 0.05) is 17.3 Å². The number of ether oxygens (including phenoxy) is 1. The summed E-state index contributed by atoms with van der Waals surface area (Å²) in [6, 6.07) is 18.9. The number of aliphatic hydroxyl groups excluding tert-OH is 1. The second-order valence-electron chi connectivity index (χ2n) is 7.28. The van der Waals surface area contributed by atoms with Crippen LogP contribution in [-0.2, 0) is 17.6 Å². The molecule has 0 saturated carbocycles. The molecule has 0 bridgehead atoms. The zero-order valence-corrected chi connectivity index (χ0v) is 18.5. The molecule has 34 heavy (non-hydrogen) atoms. The van der Waals surface area contributed by atoms with Crippen LogP contribution in [0.4, 0.5) is 18.9 Å². The summed E-state index contributed by atoms with van der Waals surface area (Å²) in [5.41, 5.74) is 2.29. The molecule has 0 fully saturated rings. The summed E-state index contributed by atoms with van der Waals surface area (Å²) in [5.74, 6) is 0.270. The molecule has 7 heteroatoms. The molecule has 0 aromatic heterocycles. The summed E-state index contributed by atoms with van der Waals surface area (Å²) in [7, 11) is 0. The van der Waals surface area contributed by atoms with Crippen LogP contribution in [0.3, 0.4) is 0 Å². The molecule has 0 atom stereocenters. The predicted octanol–water partition coefficient (Wildman–Crippen LogP) is 6.22. The van der Waals surface area contributed by atoms with Crippen molar-refractivity contribution in [2.45, 2.75) is 19.7 Å². The second-order valence-corrected chi connectivity index (χ2v) is 7.28. The van der Waals surface area contributed by atoms with Gasteiger partial charge in [-0.15, -0.1) is 0 Å². The average molecular weight is 467 g/mol. The zero-order valence-electron chi connectivity index (χ0n) is 18.5. The molecule has 3 aromatic carbocycles. The molecule has 0 aliphatic heterocycles. The summed E-state index contributed by atoms with van der Waals surface area (Å²) in [6.07, 6.45) is 0.0767. The van der Waals surface area contributed by atoms with Gasteiger partial charge >= 0.3 is 6.18 Å². The van der Waals surface area contributed by atoms with Gasteiger partial charge in [-0.25, -0.2) is 0 Å². The lowest BCUT2D eigenvalue weighted by atomic mass is 9.96. The molecule has 3 aromatic rings. The van der Waals surface area contributed by atoms with Crippen LogP contribution in [-0.4, -0.2) is 17.6 Å². The normalized spacial score (nSPS) is 12.1. The van der Waals surface area contributed by atoms with Crippen LogP contribution >= 0.6 is 0 Å². The fourth-order valence-electron chi connectivity index (χ4n) is 3.28. The van der Waals surface area contributed by atoms with Crippen molar-refractivity contribution < 1.29 is 27.8 Å². The summed E-state index contributed by atoms with van der Waals surface area (Å²) in [6.45, 7) is 2.17. The number of amides is 1. The van der Waals surface area contributed by atoms with Gasteiger partial charge in [0.25, 0.3) is 0 Å². The Hall–Kier alpha value is -3.84. The van der Waals surface area contributed by atoms with E-state index in [-0.39, 0.29) is 6.61 Å². The second kappa shape index (κ2) is 11.3. The van der Waals surface area contributed by atoms with Gasteiger partial charge in [0.1, 0.15) is 5.75 Å². The third-order valence-corrected chi connectivity index (χ3v) is 4.96. The van der Waals surface area contributed by atoms with Crippen molar-refractivity contribution in [3.05, 3.63) is 113 Å². The number of aliphatic hydroxyl groups is 1. The SMILES string of the molecule is CCOc1ccc(C(=CC=CC(=O)Nc2ccccc2CO)c2ccc(C(F)(F)F)cc2)cc1. The number of anilines is 1. The van der Waals surface area contributed by atoms with Crippen LogP contribution < -0.4 is 10.1 Å². The molecular formula is C27H24F3NO3. The number of rotatable bonds is 8. The highest BCUT2D eigenvalue weighted by Gasteiger charge is 2.30. The van der Waals surface area contributed by atoms with Crippen molar-refractivity contribution in [2.24, 2.45) is 0 Å². The van der Waals surface area contributed by atoms with Crippen molar-refractivity contribution in [1.82, 2.24) is 0 Å². The number of alkyl halides is 3. The van der Waals surface area contributed by atoms with E-state index in [4.69, 9.17) is 4.74 Å². The molecule has 2 N–H and O–H groups in total. The van der Waals surface area contributed by atoms with E-state index in [1.165, 1.54) is 24.3 Å². The first-order valence-electron chi connectivity index (χ1n) is 10.6. The quantitative estimate of drug-likeness (QED) is 0.305. The van der Waals surface area contributed by atoms with E-state index in [0.717, 1.165) is 17.7 Å². The van der Waals surface area contributed by atoms with Crippen molar-refractivity contribution in [2.75, 3.05) is 11.9 Å². The van der Waals surface area contributed by atoms with Gasteiger partial charge in [-0.3, -0.25) is 4.79 Å². The lowest BCUT2D eigenvalue weighted by molar-refractivity contribution is -0.137. The van der Waals surface area contributed by atoms with Gasteiger partial charge in [0.15, 0.2) is 0 Å². The number of nitrogens with one attached hydrogen (secondary N) is 1. The molecule has 0 radical (unpaired) electrons. The van der Waals surface area contributed by atoms with Crippen molar-refractivity contribution >= 4 is 17.2 Å². The van der Waals surface area contributed by atoms with Crippen molar-refractivity contribution in [3.8, 4) is 5.75 Å². The maximum Gasteiger partial charge on any atom is 0.416 e. The van der Waals surface area contributed by atoms with Crippen molar-refractivity contribution in [3.63, 3.8) is 0 Å². The van der Waals surface area contributed by atoms with E-state index >= 15 is 0 Å². The number of benzene rings is 3. The standard InChI is InChI=1S/C27H24F3NO3/c1-2-34-23-16-12-20(13-17-23)24(19-10-14-22(15-11-19)27(28,29)30)7-5-9-26(33)31-25-8-4-3-6-21(25)18-32/h3-17,32H,2,18H2,1H3,(H,31,33). The van der Waals surface area contributed by atoms with Gasteiger partial charge in [-0.05, 0) is 54.0 Å². The highest BCUT2D eigenvalue weighted by molar-refractivity contribution is 6.00. The molecule has 4 nitrogen and oxygen atoms in total. The molecule has 0 heterocycles. The number of halogens is 3. The van der Waals surface area contributed by atoms with E-state index in [9.17, 15) is 23.1 Å². The minimum atomic E-state index is -4.43. The van der Waals surface area contributed by atoms with E-state index in [0.29, 0.717) is 34.7 Å². The fourth-order valence-corrected chi connectivity index (χ4v) is 3.28. The van der Waals surface area contributed by atoms with E-state index in [1.807, 2.05) is 6.92 Å². The summed E-state index contributed by atoms with van der Waals surface area (Å²) in [5, 5.41) is 12.1. The molecule has 0 unspecified atom stereocenters. The van der Waals surface area contributed by atoms with Crippen LogP contribution in [0.5, 0.6) is 5.75 Å². The molecule has 0 saturated heterocycles. The monoisotopic (exact) mass is 467 g/mol. The molecule has 176 valence electrons.